The molecule has 1 heterocycles. The molecule has 1 saturated carbocycles. The van der Waals surface area contributed by atoms with Crippen molar-refractivity contribution in [3.05, 3.63) is 71.5 Å². The molecule has 0 saturated heterocycles. The number of benzene rings is 2. The maximum Gasteiger partial charge on any atom is 0.220 e. The number of rotatable bonds is 14. The molecule has 38 heavy (non-hydrogen) atoms. The first-order valence-corrected chi connectivity index (χ1v) is 15.1. The van der Waals surface area contributed by atoms with Gasteiger partial charge in [-0.1, -0.05) is 80.1 Å². The largest absolute Gasteiger partial charge is 0.496 e. The van der Waals surface area contributed by atoms with Crippen LogP contribution in [-0.4, -0.2) is 33.5 Å². The summed E-state index contributed by atoms with van der Waals surface area (Å²) < 4.78 is 7.70. The van der Waals surface area contributed by atoms with E-state index in [1.54, 1.807) is 7.11 Å². The molecule has 3 aromatic rings. The van der Waals surface area contributed by atoms with Crippen molar-refractivity contribution >= 4 is 17.7 Å². The molecular formula is C31H42N4O2S. The summed E-state index contributed by atoms with van der Waals surface area (Å²) in [5.74, 6) is 4.65. The second kappa shape index (κ2) is 15.0. The molecule has 1 aliphatic carbocycles. The van der Waals surface area contributed by atoms with Crippen molar-refractivity contribution in [2.75, 3.05) is 12.9 Å². The normalized spacial score (nSPS) is 17.3. The van der Waals surface area contributed by atoms with Crippen molar-refractivity contribution < 1.29 is 9.53 Å². The highest BCUT2D eigenvalue weighted by atomic mass is 32.2. The summed E-state index contributed by atoms with van der Waals surface area (Å²) in [4.78, 5) is 12.4. The van der Waals surface area contributed by atoms with Gasteiger partial charge in [-0.15, -0.1) is 10.2 Å². The molecule has 1 amide bonds. The number of nitrogens with zero attached hydrogens (tertiary/aromatic N) is 3. The lowest BCUT2D eigenvalue weighted by Crippen LogP contribution is -2.22. The van der Waals surface area contributed by atoms with E-state index >= 15 is 0 Å². The van der Waals surface area contributed by atoms with Crippen LogP contribution in [0.4, 0.5) is 0 Å². The minimum atomic E-state index is 0.0689. The summed E-state index contributed by atoms with van der Waals surface area (Å²) in [6, 6.07) is 18.4. The predicted octanol–water partition coefficient (Wildman–Crippen LogP) is 6.48. The van der Waals surface area contributed by atoms with Gasteiger partial charge in [0.05, 0.1) is 7.11 Å². The number of thioether (sulfide) groups is 1. The molecule has 1 fully saturated rings. The first-order valence-electron chi connectivity index (χ1n) is 14.1. The van der Waals surface area contributed by atoms with Crippen LogP contribution in [-0.2, 0) is 30.7 Å². The van der Waals surface area contributed by atoms with E-state index in [1.807, 2.05) is 36.0 Å². The Balaban J connectivity index is 1.28. The number of unbranched alkanes of at least 4 members (excludes halogenated alkanes) is 1. The molecule has 2 atom stereocenters. The topological polar surface area (TPSA) is 69.0 Å². The van der Waals surface area contributed by atoms with Gasteiger partial charge < -0.3 is 14.6 Å². The number of aromatic nitrogens is 3. The Hall–Kier alpha value is -2.80. The van der Waals surface area contributed by atoms with Gasteiger partial charge in [-0.2, -0.15) is 0 Å². The molecule has 1 aliphatic rings. The molecule has 7 heteroatoms. The number of carbonyl (C=O) groups excluding carboxylic acids is 1. The van der Waals surface area contributed by atoms with E-state index in [0.29, 0.717) is 13.0 Å². The first-order chi connectivity index (χ1) is 18.6. The van der Waals surface area contributed by atoms with Gasteiger partial charge in [-0.3, -0.25) is 4.79 Å². The highest BCUT2D eigenvalue weighted by Crippen LogP contribution is 2.33. The molecule has 1 unspecified atom stereocenters. The van der Waals surface area contributed by atoms with E-state index in [1.165, 1.54) is 31.2 Å². The van der Waals surface area contributed by atoms with E-state index in [2.05, 4.69) is 57.3 Å². The van der Waals surface area contributed by atoms with Gasteiger partial charge in [0.1, 0.15) is 11.6 Å². The number of hydrogen-bond donors (Lipinski definition) is 1. The maximum absolute atomic E-state index is 12.4. The average Bonchev–Trinajstić information content (AvgIpc) is 3.34. The number of nitrogens with one attached hydrogen (secondary N) is 1. The lowest BCUT2D eigenvalue weighted by Gasteiger charge is -2.26. The number of amides is 1. The van der Waals surface area contributed by atoms with Crippen molar-refractivity contribution in [3.63, 3.8) is 0 Å². The molecule has 1 N–H and O–H groups in total. The van der Waals surface area contributed by atoms with Gasteiger partial charge in [0.25, 0.3) is 0 Å². The minimum absolute atomic E-state index is 0.0689. The Labute approximate surface area is 232 Å². The molecule has 204 valence electrons. The Kier molecular flexibility index (Phi) is 11.1. The molecule has 2 aromatic carbocycles. The van der Waals surface area contributed by atoms with E-state index < -0.39 is 0 Å². The zero-order valence-electron chi connectivity index (χ0n) is 22.9. The minimum Gasteiger partial charge on any atom is -0.496 e. The van der Waals surface area contributed by atoms with Crippen molar-refractivity contribution in [1.29, 1.82) is 0 Å². The Morgan fingerprint density at radius 3 is 2.68 bits per heavy atom. The van der Waals surface area contributed by atoms with Crippen LogP contribution in [0.15, 0.2) is 59.8 Å². The quantitative estimate of drug-likeness (QED) is 0.189. The highest BCUT2D eigenvalue weighted by molar-refractivity contribution is 7.99. The second-order valence-electron chi connectivity index (χ2n) is 10.5. The molecule has 0 radical (unpaired) electrons. The zero-order chi connectivity index (χ0) is 26.6. The highest BCUT2D eigenvalue weighted by Gasteiger charge is 2.21. The Morgan fingerprint density at radius 1 is 1.05 bits per heavy atom. The van der Waals surface area contributed by atoms with Crippen LogP contribution < -0.4 is 10.1 Å². The van der Waals surface area contributed by atoms with Crippen molar-refractivity contribution in [2.24, 2.45) is 11.8 Å². The summed E-state index contributed by atoms with van der Waals surface area (Å²) in [6.07, 6.45) is 9.44. The Bertz CT molecular complexity index is 1130. The third-order valence-electron chi connectivity index (χ3n) is 7.48. The first kappa shape index (κ1) is 28.2. The van der Waals surface area contributed by atoms with Gasteiger partial charge in [0.15, 0.2) is 5.16 Å². The summed E-state index contributed by atoms with van der Waals surface area (Å²) in [5, 5.41) is 13.3. The summed E-state index contributed by atoms with van der Waals surface area (Å²) in [6.45, 7) is 3.75. The second-order valence-corrected chi connectivity index (χ2v) is 11.5. The fraction of sp³-hybridized carbons (Fsp3) is 0.516. The third-order valence-corrected chi connectivity index (χ3v) is 8.67. The molecule has 0 aliphatic heterocycles. The number of aryl methyl sites for hydroxylation is 2. The number of hydrogen-bond acceptors (Lipinski definition) is 5. The monoisotopic (exact) mass is 534 g/mol. The fourth-order valence-corrected chi connectivity index (χ4v) is 6.46. The van der Waals surface area contributed by atoms with Crippen molar-refractivity contribution in [1.82, 2.24) is 20.1 Å². The van der Waals surface area contributed by atoms with E-state index in [9.17, 15) is 4.79 Å². The van der Waals surface area contributed by atoms with Gasteiger partial charge in [-0.05, 0) is 55.6 Å². The van der Waals surface area contributed by atoms with Crippen LogP contribution in [0.2, 0.25) is 0 Å². The fourth-order valence-electron chi connectivity index (χ4n) is 5.32. The smallest absolute Gasteiger partial charge is 0.220 e. The molecule has 4 rings (SSSR count). The van der Waals surface area contributed by atoms with Crippen molar-refractivity contribution in [3.8, 4) is 5.75 Å². The number of methoxy groups -OCH3 is 1. The molecular weight excluding hydrogens is 492 g/mol. The maximum atomic E-state index is 12.4. The van der Waals surface area contributed by atoms with Crippen LogP contribution >= 0.6 is 11.8 Å². The van der Waals surface area contributed by atoms with Crippen LogP contribution in [0.3, 0.4) is 0 Å². The van der Waals surface area contributed by atoms with Crippen LogP contribution in [0, 0.1) is 11.8 Å². The van der Waals surface area contributed by atoms with Gasteiger partial charge >= 0.3 is 0 Å². The molecule has 1 aromatic heterocycles. The molecule has 0 spiro atoms. The average molecular weight is 535 g/mol. The SMILES string of the molecule is COc1ccccc1CNC(=O)CCCCc1nnc(SCC2CCC[C@@H](C)C2)n1CCc1ccccc1. The number of carbonyl (C=O) groups is 1. The summed E-state index contributed by atoms with van der Waals surface area (Å²) in [5.41, 5.74) is 2.32. The standard InChI is InChI=1S/C31H42N4O2S/c1-24-11-10-14-26(21-24)23-38-31-34-33-29(35(31)20-19-25-12-4-3-5-13-25)17-8-9-18-30(36)32-22-27-15-6-7-16-28(27)37-2/h3-7,12-13,15-16,24,26H,8-11,14,17-23H2,1-2H3,(H,32,36)/t24-,26?/m1/s1. The lowest BCUT2D eigenvalue weighted by atomic mass is 9.83. The molecule has 6 nitrogen and oxygen atoms in total. The van der Waals surface area contributed by atoms with Crippen LogP contribution in [0.25, 0.3) is 0 Å². The van der Waals surface area contributed by atoms with Crippen LogP contribution in [0.5, 0.6) is 5.75 Å². The van der Waals surface area contributed by atoms with Gasteiger partial charge in [0, 0.05) is 37.2 Å². The number of para-hydroxylation sites is 1. The zero-order valence-corrected chi connectivity index (χ0v) is 23.7. The van der Waals surface area contributed by atoms with E-state index in [0.717, 1.165) is 72.1 Å². The third kappa shape index (κ3) is 8.62. The number of ether oxygens (including phenoxy) is 1. The van der Waals surface area contributed by atoms with Gasteiger partial charge in [-0.25, -0.2) is 0 Å². The van der Waals surface area contributed by atoms with Crippen LogP contribution in [0.1, 0.15) is 68.8 Å². The summed E-state index contributed by atoms with van der Waals surface area (Å²) >= 11 is 1.88. The van der Waals surface area contributed by atoms with E-state index in [4.69, 9.17) is 4.74 Å². The summed E-state index contributed by atoms with van der Waals surface area (Å²) in [7, 11) is 1.65. The predicted molar refractivity (Wildman–Crippen MR) is 154 cm³/mol. The van der Waals surface area contributed by atoms with Gasteiger partial charge in [0.2, 0.25) is 5.91 Å². The van der Waals surface area contributed by atoms with Crippen molar-refractivity contribution in [2.45, 2.75) is 83.0 Å². The Morgan fingerprint density at radius 2 is 1.87 bits per heavy atom. The van der Waals surface area contributed by atoms with E-state index in [-0.39, 0.29) is 5.91 Å². The molecule has 0 bridgehead atoms. The lowest BCUT2D eigenvalue weighted by molar-refractivity contribution is -0.121.